The van der Waals surface area contributed by atoms with E-state index in [1.165, 1.54) is 37.2 Å². The lowest BCUT2D eigenvalue weighted by Crippen LogP contribution is -2.48. The maximum atomic E-state index is 13.2. The lowest BCUT2D eigenvalue weighted by molar-refractivity contribution is -0.139. The number of likely N-dealkylation sites (N-methyl/N-ethyl adjacent to an activating group) is 2. The highest BCUT2D eigenvalue weighted by atomic mass is 35.5. The Balaban J connectivity index is 1.81. The number of carbonyl (C=O) groups excluding carboxylic acids is 6. The highest BCUT2D eigenvalue weighted by Crippen LogP contribution is 2.24. The normalized spacial score (nSPS) is 22.2. The Hall–Kier alpha value is -3.67. The Kier molecular flexibility index (Phi) is 7.95. The standard InChI is InChI=1S/C22H26ClN5O7/c1-10-6-11(18(30)25-10)7-15(17(29)21(33)24-2)27-19(31)13-8-12(23)4-5-14(13)26-20(32)16-9-28(3)22(34)35-16/h4-5,8,10-11,15-16H,6-7,9H2,1-3H3,(H,24,33)(H,25,30)(H,26,32)(H,27,31)/t10-,11+,15+,16+/m1/s1. The van der Waals surface area contributed by atoms with E-state index in [9.17, 15) is 28.8 Å². The van der Waals surface area contributed by atoms with Crippen LogP contribution in [0.2, 0.25) is 5.02 Å². The molecule has 0 unspecified atom stereocenters. The van der Waals surface area contributed by atoms with Crippen LogP contribution < -0.4 is 21.3 Å². The van der Waals surface area contributed by atoms with E-state index in [1.807, 2.05) is 6.92 Å². The fourth-order valence-corrected chi connectivity index (χ4v) is 4.10. The number of nitrogens with zero attached hydrogens (tertiary/aromatic N) is 1. The lowest BCUT2D eigenvalue weighted by Gasteiger charge is -2.20. The van der Waals surface area contributed by atoms with Gasteiger partial charge in [0.05, 0.1) is 23.8 Å². The van der Waals surface area contributed by atoms with Crippen LogP contribution in [0.5, 0.6) is 0 Å². The maximum Gasteiger partial charge on any atom is 0.410 e. The van der Waals surface area contributed by atoms with Gasteiger partial charge in [-0.25, -0.2) is 4.79 Å². The largest absolute Gasteiger partial charge is 0.434 e. The Morgan fingerprint density at radius 1 is 1.26 bits per heavy atom. The number of ether oxygens (including phenoxy) is 1. The van der Waals surface area contributed by atoms with E-state index in [-0.39, 0.29) is 41.2 Å². The topological polar surface area (TPSA) is 163 Å². The van der Waals surface area contributed by atoms with Crippen LogP contribution >= 0.6 is 11.6 Å². The fourth-order valence-electron chi connectivity index (χ4n) is 3.93. The minimum absolute atomic E-state index is 0.0321. The number of amides is 5. The van der Waals surface area contributed by atoms with Gasteiger partial charge >= 0.3 is 6.09 Å². The molecule has 4 atom stereocenters. The van der Waals surface area contributed by atoms with Gasteiger partial charge in [-0.1, -0.05) is 11.6 Å². The number of cyclic esters (lactones) is 1. The van der Waals surface area contributed by atoms with Crippen molar-refractivity contribution in [1.29, 1.82) is 0 Å². The summed E-state index contributed by atoms with van der Waals surface area (Å²) in [6, 6.07) is 2.72. The Bertz CT molecular complexity index is 1080. The molecule has 0 saturated carbocycles. The van der Waals surface area contributed by atoms with Crippen LogP contribution in [0.15, 0.2) is 18.2 Å². The molecule has 0 aliphatic carbocycles. The minimum atomic E-state index is -1.30. The molecule has 2 aliphatic rings. The third-order valence-corrected chi connectivity index (χ3v) is 6.00. The van der Waals surface area contributed by atoms with Gasteiger partial charge in [-0.3, -0.25) is 24.0 Å². The van der Waals surface area contributed by atoms with E-state index < -0.39 is 47.7 Å². The zero-order valence-corrected chi connectivity index (χ0v) is 20.1. The molecule has 4 N–H and O–H groups in total. The molecule has 13 heteroatoms. The van der Waals surface area contributed by atoms with Crippen LogP contribution in [0.3, 0.4) is 0 Å². The van der Waals surface area contributed by atoms with Gasteiger partial charge in [0.15, 0.2) is 6.10 Å². The van der Waals surface area contributed by atoms with Crippen LogP contribution in [-0.4, -0.2) is 79.2 Å². The van der Waals surface area contributed by atoms with E-state index in [0.29, 0.717) is 6.42 Å². The molecule has 0 bridgehead atoms. The molecule has 0 spiro atoms. The molecule has 188 valence electrons. The summed E-state index contributed by atoms with van der Waals surface area (Å²) in [4.78, 5) is 75.4. The molecule has 3 rings (SSSR count). The first kappa shape index (κ1) is 25.9. The van der Waals surface area contributed by atoms with Gasteiger partial charge in [0.2, 0.25) is 11.7 Å². The number of ketones is 1. The summed E-state index contributed by atoms with van der Waals surface area (Å²) in [6.07, 6.45) is -1.37. The lowest BCUT2D eigenvalue weighted by atomic mass is 9.93. The maximum absolute atomic E-state index is 13.2. The predicted molar refractivity (Wildman–Crippen MR) is 124 cm³/mol. The summed E-state index contributed by atoms with van der Waals surface area (Å²) in [5, 5.41) is 10.2. The van der Waals surface area contributed by atoms with E-state index in [2.05, 4.69) is 21.3 Å². The van der Waals surface area contributed by atoms with Crippen molar-refractivity contribution in [2.24, 2.45) is 5.92 Å². The quantitative estimate of drug-likeness (QED) is 0.361. The number of carbonyl (C=O) groups is 6. The molecule has 0 radical (unpaired) electrons. The van der Waals surface area contributed by atoms with Crippen molar-refractivity contribution < 1.29 is 33.5 Å². The third-order valence-electron chi connectivity index (χ3n) is 5.76. The third kappa shape index (κ3) is 6.07. The van der Waals surface area contributed by atoms with Crippen LogP contribution in [0.4, 0.5) is 10.5 Å². The number of anilines is 1. The first-order valence-electron chi connectivity index (χ1n) is 10.9. The van der Waals surface area contributed by atoms with Crippen LogP contribution in [0.25, 0.3) is 0 Å². The second-order valence-corrected chi connectivity index (χ2v) is 8.92. The summed E-state index contributed by atoms with van der Waals surface area (Å²) in [5.74, 6) is -4.13. The number of rotatable bonds is 8. The molecule has 0 aromatic heterocycles. The Morgan fingerprint density at radius 2 is 1.97 bits per heavy atom. The fraction of sp³-hybridized carbons (Fsp3) is 0.455. The number of hydrogen-bond acceptors (Lipinski definition) is 7. The van der Waals surface area contributed by atoms with Gasteiger partial charge in [-0.2, -0.15) is 0 Å². The molecule has 1 aromatic rings. The summed E-state index contributed by atoms with van der Waals surface area (Å²) in [5.41, 5.74) is -0.0247. The smallest absolute Gasteiger partial charge is 0.410 e. The second kappa shape index (κ2) is 10.7. The highest BCUT2D eigenvalue weighted by Gasteiger charge is 2.37. The Morgan fingerprint density at radius 3 is 2.54 bits per heavy atom. The van der Waals surface area contributed by atoms with E-state index in [1.54, 1.807) is 0 Å². The molecule has 2 saturated heterocycles. The van der Waals surface area contributed by atoms with Crippen LogP contribution in [-0.2, 0) is 23.9 Å². The Labute approximate surface area is 206 Å². The number of hydrogen-bond donors (Lipinski definition) is 4. The van der Waals surface area contributed by atoms with Gasteiger partial charge in [0.1, 0.15) is 0 Å². The molecule has 2 heterocycles. The number of Topliss-reactive ketones (excluding diaryl/α,β-unsaturated/α-hetero) is 1. The molecular weight excluding hydrogens is 482 g/mol. The van der Waals surface area contributed by atoms with Gasteiger partial charge < -0.3 is 30.9 Å². The van der Waals surface area contributed by atoms with Gasteiger partial charge in [-0.05, 0) is 38.0 Å². The van der Waals surface area contributed by atoms with E-state index >= 15 is 0 Å². The van der Waals surface area contributed by atoms with Crippen molar-refractivity contribution in [3.05, 3.63) is 28.8 Å². The molecule has 35 heavy (non-hydrogen) atoms. The van der Waals surface area contributed by atoms with Crippen molar-refractivity contribution in [3.63, 3.8) is 0 Å². The van der Waals surface area contributed by atoms with Crippen LogP contribution in [0, 0.1) is 5.92 Å². The summed E-state index contributed by atoms with van der Waals surface area (Å²) in [6.45, 7) is 1.84. The zero-order valence-electron chi connectivity index (χ0n) is 19.3. The van der Waals surface area contributed by atoms with Crippen molar-refractivity contribution in [2.45, 2.75) is 38.0 Å². The van der Waals surface area contributed by atoms with Gasteiger partial charge in [0.25, 0.3) is 17.7 Å². The average Bonchev–Trinajstić information content (AvgIpc) is 3.32. The van der Waals surface area contributed by atoms with E-state index in [4.69, 9.17) is 16.3 Å². The van der Waals surface area contributed by atoms with Crippen molar-refractivity contribution in [1.82, 2.24) is 20.9 Å². The zero-order chi connectivity index (χ0) is 25.9. The first-order valence-corrected chi connectivity index (χ1v) is 11.3. The van der Waals surface area contributed by atoms with Gasteiger partial charge in [0, 0.05) is 31.1 Å². The molecule has 2 fully saturated rings. The molecule has 1 aromatic carbocycles. The highest BCUT2D eigenvalue weighted by molar-refractivity contribution is 6.38. The first-order chi connectivity index (χ1) is 16.5. The average molecular weight is 508 g/mol. The molecule has 2 aliphatic heterocycles. The SMILES string of the molecule is CNC(=O)C(=O)[C@H](C[C@@H]1C[C@@H](C)NC1=O)NC(=O)c1cc(Cl)ccc1NC(=O)[C@@H]1CN(C)C(=O)O1. The van der Waals surface area contributed by atoms with Crippen molar-refractivity contribution in [3.8, 4) is 0 Å². The number of nitrogens with one attached hydrogen (secondary N) is 4. The summed E-state index contributed by atoms with van der Waals surface area (Å²) in [7, 11) is 2.76. The van der Waals surface area contributed by atoms with Gasteiger partial charge in [-0.15, -0.1) is 0 Å². The molecular formula is C22H26ClN5O7. The monoisotopic (exact) mass is 507 g/mol. The summed E-state index contributed by atoms with van der Waals surface area (Å²) < 4.78 is 4.98. The van der Waals surface area contributed by atoms with Crippen molar-refractivity contribution in [2.75, 3.05) is 26.0 Å². The molecule has 5 amide bonds. The van der Waals surface area contributed by atoms with Crippen molar-refractivity contribution >= 4 is 52.8 Å². The minimum Gasteiger partial charge on any atom is -0.434 e. The molecule has 12 nitrogen and oxygen atoms in total. The van der Waals surface area contributed by atoms with Crippen LogP contribution in [0.1, 0.15) is 30.1 Å². The summed E-state index contributed by atoms with van der Waals surface area (Å²) >= 11 is 6.05. The number of halogens is 1. The predicted octanol–water partition coefficient (Wildman–Crippen LogP) is 0.0573. The van der Waals surface area contributed by atoms with E-state index in [0.717, 1.165) is 0 Å². The number of benzene rings is 1. The second-order valence-electron chi connectivity index (χ2n) is 8.48.